The van der Waals surface area contributed by atoms with Gasteiger partial charge in [0, 0.05) is 4.90 Å². The van der Waals surface area contributed by atoms with Gasteiger partial charge in [0.05, 0.1) is 5.38 Å². The Morgan fingerprint density at radius 3 is 2.37 bits per heavy atom. The zero-order valence-electron chi connectivity index (χ0n) is 11.0. The van der Waals surface area contributed by atoms with Crippen molar-refractivity contribution in [3.05, 3.63) is 64.7 Å². The van der Waals surface area contributed by atoms with Crippen molar-refractivity contribution < 1.29 is 0 Å². The number of hydrogen-bond donors (Lipinski definition) is 0. The molecule has 0 radical (unpaired) electrons. The van der Waals surface area contributed by atoms with Crippen molar-refractivity contribution in [1.82, 2.24) is 0 Å². The second-order valence-corrected chi connectivity index (χ2v) is 6.33. The molecule has 1 atom stereocenters. The van der Waals surface area contributed by atoms with Crippen LogP contribution in [0, 0.1) is 0 Å². The van der Waals surface area contributed by atoms with Crippen LogP contribution in [0.4, 0.5) is 0 Å². The highest BCUT2D eigenvalue weighted by atomic mass is 35.5. The smallest absolute Gasteiger partial charge is 0.0835 e. The predicted octanol–water partition coefficient (Wildman–Crippen LogP) is 5.23. The fraction of sp³-hybridized carbons (Fsp3) is 0.294. The Hall–Kier alpha value is -0.920. The quantitative estimate of drug-likeness (QED) is 0.551. The summed E-state index contributed by atoms with van der Waals surface area (Å²) in [4.78, 5) is 1.28. The molecule has 0 N–H and O–H groups in total. The number of benzene rings is 2. The second kappa shape index (κ2) is 5.60. The maximum absolute atomic E-state index is 6.62. The van der Waals surface area contributed by atoms with E-state index in [4.69, 9.17) is 11.6 Å². The van der Waals surface area contributed by atoms with Crippen LogP contribution in [0.15, 0.2) is 47.4 Å². The van der Waals surface area contributed by atoms with Gasteiger partial charge in [0.15, 0.2) is 0 Å². The molecule has 1 aliphatic carbocycles. The van der Waals surface area contributed by atoms with E-state index >= 15 is 0 Å². The summed E-state index contributed by atoms with van der Waals surface area (Å²) in [7, 11) is 0. The van der Waals surface area contributed by atoms with Crippen LogP contribution in [0.25, 0.3) is 0 Å². The standard InChI is InChI=1S/C17H17ClS/c1-19-16-9-7-13(8-10-16)17(18)15-6-5-12-3-2-4-14(12)11-15/h5-11,17H,2-4H2,1H3. The van der Waals surface area contributed by atoms with E-state index in [9.17, 15) is 0 Å². The number of fused-ring (bicyclic) bond motifs is 1. The summed E-state index contributed by atoms with van der Waals surface area (Å²) >= 11 is 8.38. The monoisotopic (exact) mass is 288 g/mol. The molecule has 3 rings (SSSR count). The molecule has 2 aromatic carbocycles. The molecule has 0 spiro atoms. The molecular formula is C17H17ClS. The minimum Gasteiger partial charge on any atom is -0.130 e. The summed E-state index contributed by atoms with van der Waals surface area (Å²) < 4.78 is 0. The van der Waals surface area contributed by atoms with E-state index in [0.717, 1.165) is 0 Å². The maximum atomic E-state index is 6.62. The lowest BCUT2D eigenvalue weighted by Crippen LogP contribution is -1.95. The number of hydrogen-bond acceptors (Lipinski definition) is 1. The van der Waals surface area contributed by atoms with E-state index < -0.39 is 0 Å². The Labute approximate surface area is 124 Å². The molecule has 0 saturated carbocycles. The van der Waals surface area contributed by atoms with Crippen molar-refractivity contribution in [3.63, 3.8) is 0 Å². The third-order valence-electron chi connectivity index (χ3n) is 3.82. The van der Waals surface area contributed by atoms with E-state index in [1.807, 2.05) is 0 Å². The Kier molecular flexibility index (Phi) is 3.86. The zero-order valence-corrected chi connectivity index (χ0v) is 12.6. The van der Waals surface area contributed by atoms with Crippen LogP contribution < -0.4 is 0 Å². The minimum absolute atomic E-state index is 0.0400. The van der Waals surface area contributed by atoms with Crippen LogP contribution in [0.2, 0.25) is 0 Å². The third-order valence-corrected chi connectivity index (χ3v) is 5.07. The lowest BCUT2D eigenvalue weighted by atomic mass is 10.00. The van der Waals surface area contributed by atoms with Gasteiger partial charge in [0.1, 0.15) is 0 Å². The number of thioether (sulfide) groups is 1. The summed E-state index contributed by atoms with van der Waals surface area (Å²) in [6.07, 6.45) is 5.81. The molecule has 0 amide bonds. The van der Waals surface area contributed by atoms with Gasteiger partial charge in [-0.1, -0.05) is 30.3 Å². The summed E-state index contributed by atoms with van der Waals surface area (Å²) in [5, 5.41) is -0.0400. The lowest BCUT2D eigenvalue weighted by molar-refractivity contribution is 0.911. The van der Waals surface area contributed by atoms with Crippen LogP contribution in [0.3, 0.4) is 0 Å². The Bertz CT molecular complexity index is 574. The molecule has 0 fully saturated rings. The van der Waals surface area contributed by atoms with Crippen LogP contribution in [-0.4, -0.2) is 6.26 Å². The van der Waals surface area contributed by atoms with Crippen molar-refractivity contribution >= 4 is 23.4 Å². The molecule has 0 aromatic heterocycles. The van der Waals surface area contributed by atoms with Gasteiger partial charge in [-0.2, -0.15) is 0 Å². The van der Waals surface area contributed by atoms with Gasteiger partial charge in [-0.05, 0) is 59.9 Å². The number of rotatable bonds is 3. The molecule has 0 aliphatic heterocycles. The highest BCUT2D eigenvalue weighted by Gasteiger charge is 2.15. The van der Waals surface area contributed by atoms with E-state index in [1.165, 1.54) is 46.4 Å². The van der Waals surface area contributed by atoms with Gasteiger partial charge in [0.2, 0.25) is 0 Å². The van der Waals surface area contributed by atoms with Gasteiger partial charge in [-0.25, -0.2) is 0 Å². The molecule has 2 heteroatoms. The fourth-order valence-corrected chi connectivity index (χ4v) is 3.40. The number of alkyl halides is 1. The van der Waals surface area contributed by atoms with Gasteiger partial charge < -0.3 is 0 Å². The molecule has 98 valence electrons. The number of aryl methyl sites for hydroxylation is 2. The molecule has 2 aromatic rings. The highest BCUT2D eigenvalue weighted by Crippen LogP contribution is 2.33. The average molecular weight is 289 g/mol. The maximum Gasteiger partial charge on any atom is 0.0835 e. The van der Waals surface area contributed by atoms with E-state index in [-0.39, 0.29) is 5.38 Å². The van der Waals surface area contributed by atoms with Gasteiger partial charge in [-0.15, -0.1) is 23.4 Å². The molecule has 0 bridgehead atoms. The first-order valence-corrected chi connectivity index (χ1v) is 8.34. The largest absolute Gasteiger partial charge is 0.130 e. The van der Waals surface area contributed by atoms with E-state index in [2.05, 4.69) is 48.7 Å². The van der Waals surface area contributed by atoms with Crippen LogP contribution in [0.1, 0.15) is 34.1 Å². The lowest BCUT2D eigenvalue weighted by Gasteiger charge is -2.12. The SMILES string of the molecule is CSc1ccc(C(Cl)c2ccc3c(c2)CCC3)cc1. The van der Waals surface area contributed by atoms with E-state index in [1.54, 1.807) is 11.8 Å². The predicted molar refractivity (Wildman–Crippen MR) is 84.4 cm³/mol. The van der Waals surface area contributed by atoms with Gasteiger partial charge >= 0.3 is 0 Å². The van der Waals surface area contributed by atoms with Crippen LogP contribution in [0.5, 0.6) is 0 Å². The Morgan fingerprint density at radius 2 is 1.63 bits per heavy atom. The zero-order chi connectivity index (χ0) is 13.2. The minimum atomic E-state index is -0.0400. The molecule has 0 nitrogen and oxygen atoms in total. The molecule has 1 aliphatic rings. The van der Waals surface area contributed by atoms with Crippen molar-refractivity contribution in [2.75, 3.05) is 6.26 Å². The summed E-state index contributed by atoms with van der Waals surface area (Å²) in [6, 6.07) is 15.3. The fourth-order valence-electron chi connectivity index (χ4n) is 2.71. The van der Waals surface area contributed by atoms with E-state index in [0.29, 0.717) is 0 Å². The Balaban J connectivity index is 1.88. The summed E-state index contributed by atoms with van der Waals surface area (Å²) in [5.41, 5.74) is 5.39. The van der Waals surface area contributed by atoms with Gasteiger partial charge in [-0.3, -0.25) is 0 Å². The third kappa shape index (κ3) is 2.68. The molecular weight excluding hydrogens is 272 g/mol. The Morgan fingerprint density at radius 1 is 0.947 bits per heavy atom. The first-order chi connectivity index (χ1) is 9.28. The highest BCUT2D eigenvalue weighted by molar-refractivity contribution is 7.98. The molecule has 0 heterocycles. The first kappa shape index (κ1) is 13.1. The molecule has 19 heavy (non-hydrogen) atoms. The molecule has 0 saturated heterocycles. The van der Waals surface area contributed by atoms with Crippen LogP contribution in [-0.2, 0) is 12.8 Å². The normalized spacial score (nSPS) is 15.3. The summed E-state index contributed by atoms with van der Waals surface area (Å²) in [6.45, 7) is 0. The average Bonchev–Trinajstić information content (AvgIpc) is 2.94. The first-order valence-electron chi connectivity index (χ1n) is 6.67. The topological polar surface area (TPSA) is 0 Å². The van der Waals surface area contributed by atoms with Gasteiger partial charge in [0.25, 0.3) is 0 Å². The van der Waals surface area contributed by atoms with Crippen molar-refractivity contribution in [2.24, 2.45) is 0 Å². The van der Waals surface area contributed by atoms with Crippen molar-refractivity contribution in [1.29, 1.82) is 0 Å². The number of halogens is 1. The second-order valence-electron chi connectivity index (χ2n) is 5.02. The van der Waals surface area contributed by atoms with Crippen LogP contribution >= 0.6 is 23.4 Å². The van der Waals surface area contributed by atoms with Crippen molar-refractivity contribution in [3.8, 4) is 0 Å². The van der Waals surface area contributed by atoms with Crippen molar-refractivity contribution in [2.45, 2.75) is 29.5 Å². The summed E-state index contributed by atoms with van der Waals surface area (Å²) in [5.74, 6) is 0. The molecule has 1 unspecified atom stereocenters.